The van der Waals surface area contributed by atoms with E-state index >= 15 is 0 Å². The minimum absolute atomic E-state index is 0.117. The summed E-state index contributed by atoms with van der Waals surface area (Å²) in [6.45, 7) is 0. The third-order valence-electron chi connectivity index (χ3n) is 2.57. The summed E-state index contributed by atoms with van der Waals surface area (Å²) >= 11 is 0. The molecule has 1 aliphatic heterocycles. The first-order chi connectivity index (χ1) is 8.87. The molecular weight excluding hydrogens is 272 g/mol. The molecule has 7 nitrogen and oxygen atoms in total. The number of rotatable bonds is 3. The zero-order chi connectivity index (χ0) is 14.0. The lowest BCUT2D eigenvalue weighted by atomic mass is 10.2. The van der Waals surface area contributed by atoms with Gasteiger partial charge < -0.3 is 5.32 Å². The summed E-state index contributed by atoms with van der Waals surface area (Å²) in [5, 5.41) is 14.1. The van der Waals surface area contributed by atoms with Gasteiger partial charge >= 0.3 is 0 Å². The van der Waals surface area contributed by atoms with Crippen LogP contribution in [0.2, 0.25) is 0 Å². The van der Waals surface area contributed by atoms with E-state index in [9.17, 15) is 23.3 Å². The van der Waals surface area contributed by atoms with Crippen LogP contribution in [0.3, 0.4) is 0 Å². The van der Waals surface area contributed by atoms with Gasteiger partial charge in [-0.15, -0.1) is 0 Å². The molecule has 0 spiro atoms. The fourth-order valence-corrected chi connectivity index (χ4v) is 2.91. The van der Waals surface area contributed by atoms with Crippen molar-refractivity contribution in [2.75, 3.05) is 5.75 Å². The Balaban J connectivity index is 2.11. The molecule has 0 unspecified atom stereocenters. The molecule has 0 aliphatic carbocycles. The molecule has 100 valence electrons. The van der Waals surface area contributed by atoms with Crippen molar-refractivity contribution in [3.05, 3.63) is 51.4 Å². The van der Waals surface area contributed by atoms with Gasteiger partial charge in [-0.2, -0.15) is 0 Å². The molecule has 1 amide bonds. The summed E-state index contributed by atoms with van der Waals surface area (Å²) in [5.74, 6) is -0.733. The molecule has 1 N–H and O–H groups in total. The summed E-state index contributed by atoms with van der Waals surface area (Å²) in [6, 6.07) is 4.64. The van der Waals surface area contributed by atoms with E-state index in [0.717, 1.165) is 11.5 Å². The number of sulfone groups is 1. The Kier molecular flexibility index (Phi) is 3.34. The number of amides is 1. The van der Waals surface area contributed by atoms with Crippen molar-refractivity contribution in [2.45, 2.75) is 6.04 Å². The third kappa shape index (κ3) is 3.16. The summed E-state index contributed by atoms with van der Waals surface area (Å²) in [4.78, 5) is 21.8. The number of carbonyl (C=O) groups excluding carboxylic acids is 1. The van der Waals surface area contributed by atoms with Crippen LogP contribution in [0.1, 0.15) is 10.4 Å². The number of hydrogen-bond acceptors (Lipinski definition) is 5. The van der Waals surface area contributed by atoms with Gasteiger partial charge in [0, 0.05) is 23.1 Å². The molecule has 1 aliphatic rings. The van der Waals surface area contributed by atoms with Crippen LogP contribution in [0.15, 0.2) is 35.7 Å². The van der Waals surface area contributed by atoms with Crippen molar-refractivity contribution < 1.29 is 18.1 Å². The van der Waals surface area contributed by atoms with Crippen LogP contribution in [0, 0.1) is 10.1 Å². The van der Waals surface area contributed by atoms with Crippen LogP contribution in [0.5, 0.6) is 0 Å². The van der Waals surface area contributed by atoms with E-state index in [-0.39, 0.29) is 17.0 Å². The van der Waals surface area contributed by atoms with Crippen LogP contribution in [0.4, 0.5) is 5.69 Å². The van der Waals surface area contributed by atoms with E-state index in [1.54, 1.807) is 0 Å². The molecule has 1 aromatic rings. The topological polar surface area (TPSA) is 106 Å². The van der Waals surface area contributed by atoms with Gasteiger partial charge in [-0.25, -0.2) is 8.42 Å². The molecule has 0 aromatic heterocycles. The molecule has 8 heteroatoms. The number of benzene rings is 1. The first kappa shape index (κ1) is 13.2. The van der Waals surface area contributed by atoms with Crippen molar-refractivity contribution in [1.82, 2.24) is 5.32 Å². The van der Waals surface area contributed by atoms with Crippen molar-refractivity contribution in [3.63, 3.8) is 0 Å². The number of non-ortho nitro benzene ring substituents is 1. The lowest BCUT2D eigenvalue weighted by Crippen LogP contribution is -2.35. The van der Waals surface area contributed by atoms with E-state index in [1.165, 1.54) is 24.3 Å². The normalized spacial score (nSPS) is 20.1. The Morgan fingerprint density at radius 1 is 1.42 bits per heavy atom. The van der Waals surface area contributed by atoms with Gasteiger partial charge in [-0.05, 0) is 12.1 Å². The highest BCUT2D eigenvalue weighted by molar-refractivity contribution is 7.94. The molecule has 1 atom stereocenters. The van der Waals surface area contributed by atoms with E-state index in [2.05, 4.69) is 5.32 Å². The van der Waals surface area contributed by atoms with Gasteiger partial charge in [0.05, 0.1) is 16.7 Å². The lowest BCUT2D eigenvalue weighted by Gasteiger charge is -2.09. The number of carbonyl (C=O) groups is 1. The smallest absolute Gasteiger partial charge is 0.270 e. The molecule has 19 heavy (non-hydrogen) atoms. The predicted octanol–water partition coefficient (Wildman–Crippen LogP) is 0.635. The second kappa shape index (κ2) is 4.81. The molecule has 0 fully saturated rings. The number of nitrogens with zero attached hydrogens (tertiary/aromatic N) is 1. The van der Waals surface area contributed by atoms with E-state index in [4.69, 9.17) is 0 Å². The fraction of sp³-hybridized carbons (Fsp3) is 0.182. The van der Waals surface area contributed by atoms with Gasteiger partial charge in [-0.3, -0.25) is 14.9 Å². The predicted molar refractivity (Wildman–Crippen MR) is 67.3 cm³/mol. The maximum absolute atomic E-state index is 11.8. The van der Waals surface area contributed by atoms with Gasteiger partial charge in [0.1, 0.15) is 0 Å². The monoisotopic (exact) mass is 282 g/mol. The number of hydrogen-bond donors (Lipinski definition) is 1. The molecule has 1 aromatic carbocycles. The Bertz CT molecular complexity index is 665. The Morgan fingerprint density at radius 2 is 2.16 bits per heavy atom. The van der Waals surface area contributed by atoms with Crippen LogP contribution in [-0.2, 0) is 9.84 Å². The average molecular weight is 282 g/mol. The highest BCUT2D eigenvalue weighted by Crippen LogP contribution is 2.14. The number of nitro benzene ring substituents is 1. The van der Waals surface area contributed by atoms with Crippen LogP contribution >= 0.6 is 0 Å². The zero-order valence-electron chi connectivity index (χ0n) is 9.65. The third-order valence-corrected chi connectivity index (χ3v) is 3.96. The summed E-state index contributed by atoms with van der Waals surface area (Å²) in [5.41, 5.74) is -0.0749. The molecule has 0 saturated carbocycles. The second-order valence-corrected chi connectivity index (χ2v) is 5.98. The second-order valence-electron chi connectivity index (χ2n) is 4.05. The maximum atomic E-state index is 11.8. The molecule has 1 heterocycles. The summed E-state index contributed by atoms with van der Waals surface area (Å²) in [7, 11) is -3.25. The quantitative estimate of drug-likeness (QED) is 0.646. The highest BCUT2D eigenvalue weighted by atomic mass is 32.2. The highest BCUT2D eigenvalue weighted by Gasteiger charge is 2.23. The van der Waals surface area contributed by atoms with Crippen molar-refractivity contribution >= 4 is 21.4 Å². The maximum Gasteiger partial charge on any atom is 0.270 e. The molecule has 0 saturated heterocycles. The SMILES string of the molecule is O=C(N[C@@H]1C=CS(=O)(=O)C1)c1cccc([N+](=O)[O-])c1. The van der Waals surface area contributed by atoms with E-state index < -0.39 is 26.7 Å². The molecule has 0 bridgehead atoms. The van der Waals surface area contributed by atoms with E-state index in [0.29, 0.717) is 0 Å². The number of nitrogens with one attached hydrogen (secondary N) is 1. The summed E-state index contributed by atoms with van der Waals surface area (Å²) in [6.07, 6.45) is 1.38. The Hall–Kier alpha value is -2.22. The molecule has 0 radical (unpaired) electrons. The minimum atomic E-state index is -3.25. The standard InChI is InChI=1S/C11H10N2O5S/c14-11(12-9-4-5-19(17,18)7-9)8-2-1-3-10(6-8)13(15)16/h1-6,9H,7H2,(H,12,14)/t9-/m1/s1. The molecule has 2 rings (SSSR count). The van der Waals surface area contributed by atoms with Gasteiger partial charge in [0.25, 0.3) is 11.6 Å². The Labute approximate surface area is 109 Å². The van der Waals surface area contributed by atoms with Crippen molar-refractivity contribution in [3.8, 4) is 0 Å². The van der Waals surface area contributed by atoms with Gasteiger partial charge in [0.15, 0.2) is 9.84 Å². The lowest BCUT2D eigenvalue weighted by molar-refractivity contribution is -0.384. The van der Waals surface area contributed by atoms with Crippen LogP contribution < -0.4 is 5.32 Å². The first-order valence-corrected chi connectivity index (χ1v) is 7.05. The zero-order valence-corrected chi connectivity index (χ0v) is 10.5. The van der Waals surface area contributed by atoms with Crippen LogP contribution in [-0.4, -0.2) is 31.0 Å². The largest absolute Gasteiger partial charge is 0.345 e. The van der Waals surface area contributed by atoms with E-state index in [1.807, 2.05) is 0 Å². The first-order valence-electron chi connectivity index (χ1n) is 5.34. The summed E-state index contributed by atoms with van der Waals surface area (Å²) < 4.78 is 22.3. The van der Waals surface area contributed by atoms with Crippen LogP contribution in [0.25, 0.3) is 0 Å². The molecular formula is C11H10N2O5S. The minimum Gasteiger partial charge on any atom is -0.345 e. The number of nitro groups is 1. The van der Waals surface area contributed by atoms with Crippen molar-refractivity contribution in [2.24, 2.45) is 0 Å². The van der Waals surface area contributed by atoms with Gasteiger partial charge in [0.2, 0.25) is 0 Å². The fourth-order valence-electron chi connectivity index (χ4n) is 1.68. The van der Waals surface area contributed by atoms with Crippen molar-refractivity contribution in [1.29, 1.82) is 0 Å². The average Bonchev–Trinajstić information content (AvgIpc) is 2.68. The van der Waals surface area contributed by atoms with Gasteiger partial charge in [-0.1, -0.05) is 6.07 Å². The Morgan fingerprint density at radius 3 is 2.74 bits per heavy atom.